The van der Waals surface area contributed by atoms with Crippen molar-refractivity contribution in [1.82, 2.24) is 9.97 Å². The summed E-state index contributed by atoms with van der Waals surface area (Å²) >= 11 is 6.67. The zero-order valence-electron chi connectivity index (χ0n) is 15.2. The molecule has 28 heavy (non-hydrogen) atoms. The second-order valence-electron chi connectivity index (χ2n) is 6.82. The highest BCUT2D eigenvalue weighted by Gasteiger charge is 2.12. The molecule has 0 saturated heterocycles. The van der Waals surface area contributed by atoms with Crippen LogP contribution in [-0.4, -0.2) is 15.1 Å². The van der Waals surface area contributed by atoms with Crippen molar-refractivity contribution in [3.05, 3.63) is 63.7 Å². The number of aromatic nitrogens is 2. The lowest BCUT2D eigenvalue weighted by atomic mass is 10.1. The van der Waals surface area contributed by atoms with Gasteiger partial charge >= 0.3 is 0 Å². The standard InChI is InChI=1S/C22H15BrN2OS2/c1-11-5-17(23)27-21(11)15-7-13-3-4-14-8-16(22-12(2)6-18(26)28-22)10-25-20(14)19(13)24-9-15/h3-10,26H,1-2H3. The minimum Gasteiger partial charge on any atom is -0.499 e. The summed E-state index contributed by atoms with van der Waals surface area (Å²) in [5, 5.41) is 12.2. The normalized spacial score (nSPS) is 11.5. The Balaban J connectivity index is 1.66. The minimum absolute atomic E-state index is 0.329. The Morgan fingerprint density at radius 2 is 1.32 bits per heavy atom. The van der Waals surface area contributed by atoms with Crippen molar-refractivity contribution in [2.75, 3.05) is 0 Å². The monoisotopic (exact) mass is 466 g/mol. The van der Waals surface area contributed by atoms with Crippen molar-refractivity contribution in [3.8, 4) is 25.9 Å². The molecule has 1 aromatic carbocycles. The van der Waals surface area contributed by atoms with E-state index >= 15 is 0 Å². The molecule has 0 atom stereocenters. The summed E-state index contributed by atoms with van der Waals surface area (Å²) in [6, 6.07) is 12.4. The van der Waals surface area contributed by atoms with Crippen LogP contribution in [0.25, 0.3) is 42.7 Å². The highest BCUT2D eigenvalue weighted by Crippen LogP contribution is 2.38. The molecule has 6 heteroatoms. The van der Waals surface area contributed by atoms with Gasteiger partial charge in [0.05, 0.1) is 14.8 Å². The Bertz CT molecular complexity index is 1270. The number of fused-ring (bicyclic) bond motifs is 3. The first kappa shape index (κ1) is 17.8. The molecule has 0 saturated carbocycles. The predicted octanol–water partition coefficient (Wildman–Crippen LogP) is 7.32. The number of benzene rings is 1. The molecule has 0 spiro atoms. The summed E-state index contributed by atoms with van der Waals surface area (Å²) in [7, 11) is 0. The fourth-order valence-electron chi connectivity index (χ4n) is 3.52. The van der Waals surface area contributed by atoms with E-state index in [4.69, 9.17) is 9.97 Å². The number of pyridine rings is 2. The van der Waals surface area contributed by atoms with Crippen LogP contribution >= 0.6 is 38.6 Å². The van der Waals surface area contributed by atoms with Crippen molar-refractivity contribution >= 4 is 60.4 Å². The van der Waals surface area contributed by atoms with Gasteiger partial charge in [0.15, 0.2) is 5.06 Å². The van der Waals surface area contributed by atoms with Gasteiger partial charge in [-0.2, -0.15) is 0 Å². The molecule has 3 nitrogen and oxygen atoms in total. The minimum atomic E-state index is 0.329. The first-order chi connectivity index (χ1) is 13.5. The Morgan fingerprint density at radius 3 is 1.79 bits per heavy atom. The third-order valence-electron chi connectivity index (χ3n) is 4.82. The van der Waals surface area contributed by atoms with Gasteiger partial charge in [-0.05, 0) is 65.2 Å². The van der Waals surface area contributed by atoms with Crippen molar-refractivity contribution in [1.29, 1.82) is 0 Å². The van der Waals surface area contributed by atoms with E-state index in [1.165, 1.54) is 21.8 Å². The maximum absolute atomic E-state index is 9.78. The van der Waals surface area contributed by atoms with E-state index in [1.807, 2.05) is 19.3 Å². The van der Waals surface area contributed by atoms with Crippen molar-refractivity contribution in [2.24, 2.45) is 0 Å². The molecule has 0 radical (unpaired) electrons. The summed E-state index contributed by atoms with van der Waals surface area (Å²) in [5.41, 5.74) is 6.26. The first-order valence-corrected chi connectivity index (χ1v) is 11.2. The van der Waals surface area contributed by atoms with E-state index < -0.39 is 0 Å². The Kier molecular flexibility index (Phi) is 4.23. The van der Waals surface area contributed by atoms with E-state index in [1.54, 1.807) is 17.4 Å². The van der Waals surface area contributed by atoms with Gasteiger partial charge in [0.25, 0.3) is 0 Å². The Morgan fingerprint density at radius 1 is 0.786 bits per heavy atom. The fraction of sp³-hybridized carbons (Fsp3) is 0.0909. The van der Waals surface area contributed by atoms with Crippen molar-refractivity contribution in [2.45, 2.75) is 13.8 Å². The number of halogens is 1. The largest absolute Gasteiger partial charge is 0.499 e. The second-order valence-corrected chi connectivity index (χ2v) is 10.3. The molecule has 1 N–H and O–H groups in total. The number of hydrogen-bond acceptors (Lipinski definition) is 5. The fourth-order valence-corrected chi connectivity index (χ4v) is 6.13. The second kappa shape index (κ2) is 6.65. The maximum Gasteiger partial charge on any atom is 0.171 e. The van der Waals surface area contributed by atoms with Crippen LogP contribution in [0.5, 0.6) is 5.06 Å². The van der Waals surface area contributed by atoms with Gasteiger partial charge in [-0.25, -0.2) is 0 Å². The third-order valence-corrected chi connectivity index (χ3v) is 7.70. The molecule has 0 aliphatic heterocycles. The smallest absolute Gasteiger partial charge is 0.171 e. The van der Waals surface area contributed by atoms with Gasteiger partial charge in [0, 0.05) is 44.0 Å². The molecule has 0 aliphatic carbocycles. The van der Waals surface area contributed by atoms with Crippen LogP contribution in [0.4, 0.5) is 0 Å². The maximum atomic E-state index is 9.78. The van der Waals surface area contributed by atoms with Crippen molar-refractivity contribution in [3.63, 3.8) is 0 Å². The van der Waals surface area contributed by atoms with Crippen LogP contribution in [-0.2, 0) is 0 Å². The summed E-state index contributed by atoms with van der Waals surface area (Å²) in [5.74, 6) is 0. The average Bonchev–Trinajstić information content (AvgIpc) is 3.20. The van der Waals surface area contributed by atoms with Crippen LogP contribution in [0, 0.1) is 13.8 Å². The van der Waals surface area contributed by atoms with E-state index in [9.17, 15) is 5.11 Å². The Hall–Kier alpha value is -2.28. The summed E-state index contributed by atoms with van der Waals surface area (Å²) in [4.78, 5) is 11.8. The van der Waals surface area contributed by atoms with Gasteiger partial charge in [0.2, 0.25) is 0 Å². The molecule has 138 valence electrons. The highest BCUT2D eigenvalue weighted by molar-refractivity contribution is 9.11. The lowest BCUT2D eigenvalue weighted by molar-refractivity contribution is 0.490. The van der Waals surface area contributed by atoms with E-state index in [2.05, 4.69) is 53.2 Å². The number of aromatic hydroxyl groups is 1. The van der Waals surface area contributed by atoms with E-state index in [0.717, 1.165) is 47.2 Å². The van der Waals surface area contributed by atoms with Crippen LogP contribution in [0.2, 0.25) is 0 Å². The topological polar surface area (TPSA) is 46.0 Å². The first-order valence-electron chi connectivity index (χ1n) is 8.74. The predicted molar refractivity (Wildman–Crippen MR) is 123 cm³/mol. The molecule has 4 heterocycles. The van der Waals surface area contributed by atoms with Gasteiger partial charge in [-0.1, -0.05) is 23.5 Å². The van der Waals surface area contributed by atoms with Gasteiger partial charge in [-0.3, -0.25) is 9.97 Å². The molecule has 0 fully saturated rings. The van der Waals surface area contributed by atoms with Crippen LogP contribution in [0.3, 0.4) is 0 Å². The lowest BCUT2D eigenvalue weighted by Crippen LogP contribution is -1.88. The molecule has 0 unspecified atom stereocenters. The molecule has 0 bridgehead atoms. The summed E-state index contributed by atoms with van der Waals surface area (Å²) in [6.45, 7) is 4.12. The zero-order valence-corrected chi connectivity index (χ0v) is 18.4. The number of rotatable bonds is 2. The quantitative estimate of drug-likeness (QED) is 0.277. The molecular formula is C22H15BrN2OS2. The number of thiophene rings is 2. The summed E-state index contributed by atoms with van der Waals surface area (Å²) in [6.07, 6.45) is 3.81. The molecule has 0 aliphatic rings. The average molecular weight is 467 g/mol. The van der Waals surface area contributed by atoms with Crippen LogP contribution in [0.1, 0.15) is 11.1 Å². The molecule has 4 aromatic heterocycles. The molecule has 0 amide bonds. The molecular weight excluding hydrogens is 452 g/mol. The Labute approximate surface area is 178 Å². The third kappa shape index (κ3) is 2.92. The lowest BCUT2D eigenvalue weighted by Gasteiger charge is -2.07. The number of hydrogen-bond donors (Lipinski definition) is 1. The van der Waals surface area contributed by atoms with Gasteiger partial charge in [0.1, 0.15) is 0 Å². The van der Waals surface area contributed by atoms with Crippen molar-refractivity contribution < 1.29 is 5.11 Å². The summed E-state index contributed by atoms with van der Waals surface area (Å²) < 4.78 is 1.13. The van der Waals surface area contributed by atoms with Crippen LogP contribution < -0.4 is 0 Å². The zero-order chi connectivity index (χ0) is 19.4. The highest BCUT2D eigenvalue weighted by atomic mass is 79.9. The molecule has 5 aromatic rings. The van der Waals surface area contributed by atoms with E-state index in [0.29, 0.717) is 5.06 Å². The number of nitrogens with zero attached hydrogens (tertiary/aromatic N) is 2. The molecule has 5 rings (SSSR count). The van der Waals surface area contributed by atoms with Gasteiger partial charge in [-0.15, -0.1) is 11.3 Å². The van der Waals surface area contributed by atoms with E-state index in [-0.39, 0.29) is 0 Å². The van der Waals surface area contributed by atoms with Crippen LogP contribution in [0.15, 0.2) is 52.6 Å². The number of aryl methyl sites for hydroxylation is 2. The SMILES string of the molecule is Cc1cc(O)sc1-c1cnc2c(ccc3cc(-c4sc(Br)cc4C)cnc32)c1. The van der Waals surface area contributed by atoms with Gasteiger partial charge < -0.3 is 5.11 Å².